The second-order valence-corrected chi connectivity index (χ2v) is 4.53. The van der Waals surface area contributed by atoms with E-state index in [0.717, 1.165) is 0 Å². The van der Waals surface area contributed by atoms with Crippen molar-refractivity contribution in [3.8, 4) is 5.88 Å². The molecule has 0 saturated carbocycles. The van der Waals surface area contributed by atoms with E-state index in [4.69, 9.17) is 39.5 Å². The largest absolute Gasteiger partial charge is 0.481 e. The van der Waals surface area contributed by atoms with Crippen LogP contribution in [0.1, 0.15) is 10.5 Å². The van der Waals surface area contributed by atoms with E-state index in [1.54, 1.807) is 0 Å². The minimum absolute atomic E-state index is 0.0104. The SMILES string of the molecule is COc1cc(Cl)nc(NC(=O)c2cc(Cl)c(Cl)[nH]2)n1. The van der Waals surface area contributed by atoms with Gasteiger partial charge in [-0.05, 0) is 6.07 Å². The van der Waals surface area contributed by atoms with E-state index >= 15 is 0 Å². The van der Waals surface area contributed by atoms with Crippen LogP contribution in [0.3, 0.4) is 0 Å². The number of amides is 1. The molecule has 0 saturated heterocycles. The van der Waals surface area contributed by atoms with E-state index in [1.807, 2.05) is 0 Å². The zero-order valence-electron chi connectivity index (χ0n) is 9.50. The van der Waals surface area contributed by atoms with Crippen molar-refractivity contribution in [2.45, 2.75) is 0 Å². The number of hydrogen-bond acceptors (Lipinski definition) is 4. The lowest BCUT2D eigenvalue weighted by Gasteiger charge is -2.04. The third-order valence-electron chi connectivity index (χ3n) is 2.08. The molecule has 0 spiro atoms. The number of nitrogens with one attached hydrogen (secondary N) is 2. The van der Waals surface area contributed by atoms with Gasteiger partial charge in [-0.1, -0.05) is 34.8 Å². The Hall–Kier alpha value is -1.50. The summed E-state index contributed by atoms with van der Waals surface area (Å²) in [7, 11) is 1.43. The number of halogens is 3. The second kappa shape index (κ2) is 5.64. The summed E-state index contributed by atoms with van der Waals surface area (Å²) in [4.78, 5) is 22.2. The highest BCUT2D eigenvalue weighted by molar-refractivity contribution is 6.41. The highest BCUT2D eigenvalue weighted by atomic mass is 35.5. The Morgan fingerprint density at radius 2 is 2.05 bits per heavy atom. The first-order chi connectivity index (χ1) is 8.99. The number of rotatable bonds is 3. The molecular formula is C10H7Cl3N4O2. The van der Waals surface area contributed by atoms with Crippen molar-refractivity contribution in [2.75, 3.05) is 12.4 Å². The Morgan fingerprint density at radius 3 is 2.63 bits per heavy atom. The molecule has 2 aromatic heterocycles. The average Bonchev–Trinajstić information content (AvgIpc) is 2.69. The van der Waals surface area contributed by atoms with Crippen molar-refractivity contribution in [1.82, 2.24) is 15.0 Å². The first-order valence-electron chi connectivity index (χ1n) is 4.93. The minimum atomic E-state index is -0.502. The summed E-state index contributed by atoms with van der Waals surface area (Å²) in [6.07, 6.45) is 0. The third-order valence-corrected chi connectivity index (χ3v) is 2.96. The van der Waals surface area contributed by atoms with Gasteiger partial charge in [0, 0.05) is 6.07 Å². The van der Waals surface area contributed by atoms with Crippen LogP contribution in [0.2, 0.25) is 15.3 Å². The second-order valence-electron chi connectivity index (χ2n) is 3.36. The van der Waals surface area contributed by atoms with Crippen molar-refractivity contribution in [3.05, 3.63) is 33.2 Å². The molecule has 0 fully saturated rings. The van der Waals surface area contributed by atoms with Crippen LogP contribution in [0.4, 0.5) is 5.95 Å². The maximum atomic E-state index is 11.9. The molecule has 2 rings (SSSR count). The fraction of sp³-hybridized carbons (Fsp3) is 0.100. The van der Waals surface area contributed by atoms with Crippen LogP contribution in [0.5, 0.6) is 5.88 Å². The number of methoxy groups -OCH3 is 1. The van der Waals surface area contributed by atoms with Gasteiger partial charge >= 0.3 is 0 Å². The molecule has 0 radical (unpaired) electrons. The third kappa shape index (κ3) is 3.28. The predicted molar refractivity (Wildman–Crippen MR) is 72.4 cm³/mol. The number of hydrogen-bond donors (Lipinski definition) is 2. The first kappa shape index (κ1) is 13.9. The molecule has 100 valence electrons. The van der Waals surface area contributed by atoms with Crippen LogP contribution in [0.25, 0.3) is 0 Å². The minimum Gasteiger partial charge on any atom is -0.481 e. The van der Waals surface area contributed by atoms with Crippen LogP contribution in [-0.4, -0.2) is 28.0 Å². The highest BCUT2D eigenvalue weighted by Gasteiger charge is 2.14. The van der Waals surface area contributed by atoms with E-state index in [0.29, 0.717) is 0 Å². The Labute approximate surface area is 123 Å². The Balaban J connectivity index is 2.21. The van der Waals surface area contributed by atoms with E-state index in [2.05, 4.69) is 20.3 Å². The molecule has 0 unspecified atom stereocenters. The number of nitrogens with zero attached hydrogens (tertiary/aromatic N) is 2. The monoisotopic (exact) mass is 320 g/mol. The molecule has 2 N–H and O–H groups in total. The molecule has 0 aliphatic rings. The van der Waals surface area contributed by atoms with Crippen molar-refractivity contribution in [1.29, 1.82) is 0 Å². The summed E-state index contributed by atoms with van der Waals surface area (Å²) in [5.41, 5.74) is 0.178. The number of anilines is 1. The Kier molecular flexibility index (Phi) is 4.14. The fourth-order valence-electron chi connectivity index (χ4n) is 1.25. The van der Waals surface area contributed by atoms with Crippen LogP contribution < -0.4 is 10.1 Å². The molecule has 0 atom stereocenters. The van der Waals surface area contributed by atoms with Gasteiger partial charge in [0.05, 0.1) is 12.1 Å². The maximum Gasteiger partial charge on any atom is 0.274 e. The van der Waals surface area contributed by atoms with Gasteiger partial charge in [-0.2, -0.15) is 4.98 Å². The molecule has 6 nitrogen and oxygen atoms in total. The van der Waals surface area contributed by atoms with E-state index < -0.39 is 5.91 Å². The molecule has 0 aromatic carbocycles. The number of carbonyl (C=O) groups is 1. The number of H-pyrrole nitrogens is 1. The topological polar surface area (TPSA) is 79.9 Å². The number of aromatic amines is 1. The number of ether oxygens (including phenoxy) is 1. The lowest BCUT2D eigenvalue weighted by molar-refractivity contribution is 0.102. The Morgan fingerprint density at radius 1 is 1.32 bits per heavy atom. The lowest BCUT2D eigenvalue weighted by atomic mass is 10.4. The molecule has 19 heavy (non-hydrogen) atoms. The highest BCUT2D eigenvalue weighted by Crippen LogP contribution is 2.22. The first-order valence-corrected chi connectivity index (χ1v) is 6.07. The van der Waals surface area contributed by atoms with E-state index in [-0.39, 0.29) is 32.9 Å². The molecule has 0 aliphatic carbocycles. The quantitative estimate of drug-likeness (QED) is 0.852. The van der Waals surface area contributed by atoms with Crippen molar-refractivity contribution in [2.24, 2.45) is 0 Å². The summed E-state index contributed by atoms with van der Waals surface area (Å²) in [5.74, 6) is -0.257. The van der Waals surface area contributed by atoms with Crippen molar-refractivity contribution in [3.63, 3.8) is 0 Å². The summed E-state index contributed by atoms with van der Waals surface area (Å²) >= 11 is 17.2. The smallest absolute Gasteiger partial charge is 0.274 e. The lowest BCUT2D eigenvalue weighted by Crippen LogP contribution is -2.14. The van der Waals surface area contributed by atoms with Gasteiger partial charge < -0.3 is 9.72 Å². The maximum absolute atomic E-state index is 11.9. The number of aromatic nitrogens is 3. The van der Waals surface area contributed by atoms with Gasteiger partial charge in [0.1, 0.15) is 16.0 Å². The van der Waals surface area contributed by atoms with Crippen LogP contribution >= 0.6 is 34.8 Å². The Bertz CT molecular complexity index is 610. The zero-order chi connectivity index (χ0) is 14.0. The van der Waals surface area contributed by atoms with Crippen molar-refractivity contribution >= 4 is 46.7 Å². The van der Waals surface area contributed by atoms with Crippen molar-refractivity contribution < 1.29 is 9.53 Å². The average molecular weight is 322 g/mol. The summed E-state index contributed by atoms with van der Waals surface area (Å²) in [6.45, 7) is 0. The molecule has 2 aromatic rings. The van der Waals surface area contributed by atoms with Gasteiger partial charge in [0.2, 0.25) is 11.8 Å². The van der Waals surface area contributed by atoms with Crippen LogP contribution in [0.15, 0.2) is 12.1 Å². The normalized spacial score (nSPS) is 10.3. The van der Waals surface area contributed by atoms with Gasteiger partial charge in [0.25, 0.3) is 5.91 Å². The van der Waals surface area contributed by atoms with Gasteiger partial charge in [-0.3, -0.25) is 10.1 Å². The zero-order valence-corrected chi connectivity index (χ0v) is 11.8. The van der Waals surface area contributed by atoms with Crippen LogP contribution in [-0.2, 0) is 0 Å². The summed E-state index contributed by atoms with van der Waals surface area (Å²) < 4.78 is 4.91. The molecule has 2 heterocycles. The van der Waals surface area contributed by atoms with Crippen LogP contribution in [0, 0.1) is 0 Å². The van der Waals surface area contributed by atoms with Gasteiger partial charge in [-0.25, -0.2) is 4.98 Å². The summed E-state index contributed by atoms with van der Waals surface area (Å²) in [6, 6.07) is 2.81. The molecule has 1 amide bonds. The van der Waals surface area contributed by atoms with E-state index in [1.165, 1.54) is 19.2 Å². The van der Waals surface area contributed by atoms with Gasteiger partial charge in [-0.15, -0.1) is 0 Å². The molecule has 9 heteroatoms. The summed E-state index contributed by atoms with van der Waals surface area (Å²) in [5, 5.41) is 3.01. The fourth-order valence-corrected chi connectivity index (χ4v) is 1.74. The van der Waals surface area contributed by atoms with Gasteiger partial charge in [0.15, 0.2) is 0 Å². The molecule has 0 bridgehead atoms. The van der Waals surface area contributed by atoms with E-state index in [9.17, 15) is 4.79 Å². The predicted octanol–water partition coefficient (Wildman–Crippen LogP) is 3.03. The number of carbonyl (C=O) groups excluding carboxylic acids is 1. The molecule has 0 aliphatic heterocycles. The standard InChI is InChI=1S/C10H7Cl3N4O2/c1-19-7-3-6(12)15-10(16-7)17-9(18)5-2-4(11)8(13)14-5/h2-3,14H,1H3,(H,15,16,17,18). The molecular weight excluding hydrogens is 314 g/mol.